The van der Waals surface area contributed by atoms with Gasteiger partial charge in [-0.1, -0.05) is 41.3 Å². The average Bonchev–Trinajstić information content (AvgIpc) is 2.78. The molecule has 9 nitrogen and oxygen atoms in total. The third-order valence-corrected chi connectivity index (χ3v) is 5.14. The van der Waals surface area contributed by atoms with Crippen molar-refractivity contribution in [1.82, 2.24) is 4.98 Å². The zero-order chi connectivity index (χ0) is 24.1. The number of anilines is 3. The summed E-state index contributed by atoms with van der Waals surface area (Å²) in [5.74, 6) is 0.783. The van der Waals surface area contributed by atoms with Gasteiger partial charge in [-0.05, 0) is 24.6 Å². The van der Waals surface area contributed by atoms with Gasteiger partial charge in [-0.3, -0.25) is 19.4 Å². The minimum absolute atomic E-state index is 0.00325. The van der Waals surface area contributed by atoms with Crippen molar-refractivity contribution >= 4 is 52.1 Å². The predicted octanol–water partition coefficient (Wildman–Crippen LogP) is 2.74. The van der Waals surface area contributed by atoms with Gasteiger partial charge in [0, 0.05) is 30.5 Å². The van der Waals surface area contributed by atoms with Crippen LogP contribution in [0.4, 0.5) is 17.1 Å². The van der Waals surface area contributed by atoms with Gasteiger partial charge in [-0.15, -0.1) is 0 Å². The van der Waals surface area contributed by atoms with Crippen LogP contribution in [0.1, 0.15) is 22.8 Å². The lowest BCUT2D eigenvalue weighted by Crippen LogP contribution is -2.42. The molecule has 0 fully saturated rings. The smallest absolute Gasteiger partial charge is 0.326 e. The molecule has 0 aliphatic carbocycles. The van der Waals surface area contributed by atoms with Crippen LogP contribution in [0.15, 0.2) is 46.2 Å². The van der Waals surface area contributed by atoms with E-state index < -0.39 is 28.8 Å². The summed E-state index contributed by atoms with van der Waals surface area (Å²) in [4.78, 5) is 51.5. The second kappa shape index (κ2) is 10.2. The molecule has 11 heteroatoms. The van der Waals surface area contributed by atoms with Gasteiger partial charge >= 0.3 is 5.97 Å². The van der Waals surface area contributed by atoms with Gasteiger partial charge in [-0.2, -0.15) is 0 Å². The van der Waals surface area contributed by atoms with Crippen molar-refractivity contribution in [2.75, 3.05) is 16.0 Å². The highest BCUT2D eigenvalue weighted by Gasteiger charge is 2.26. The first-order valence-electron chi connectivity index (χ1n) is 9.42. The fraction of sp³-hybridized carbons (Fsp3) is 0.136. The summed E-state index contributed by atoms with van der Waals surface area (Å²) < 4.78 is 0. The number of carbonyl (C=O) groups excluding carboxylic acids is 1. The number of aliphatic carboxylic acids is 1. The molecule has 1 amide bonds. The van der Waals surface area contributed by atoms with Gasteiger partial charge in [-0.25, -0.2) is 4.79 Å². The second-order valence-electron chi connectivity index (χ2n) is 6.78. The molecular formula is C22H16Cl2N4O5. The Morgan fingerprint density at radius 2 is 1.67 bits per heavy atom. The van der Waals surface area contributed by atoms with Crippen molar-refractivity contribution < 1.29 is 14.7 Å². The van der Waals surface area contributed by atoms with Gasteiger partial charge in [0.1, 0.15) is 17.4 Å². The number of nitrogens with zero attached hydrogens (tertiary/aromatic N) is 1. The number of carbonyl (C=O) groups is 2. The SMILES string of the molecule is CC#CNc1c(N[C@@H](Cc2ccc(NC(=O)c3c(Cl)cncc3Cl)cc2)C(=O)O)c(=O)c1=O. The highest BCUT2D eigenvalue weighted by molar-refractivity contribution is 6.40. The van der Waals surface area contributed by atoms with E-state index in [-0.39, 0.29) is 33.4 Å². The molecule has 4 N–H and O–H groups in total. The standard InChI is InChI=1S/C22H16Cl2N4O5/c1-2-7-26-17-18(20(30)19(17)29)28-15(22(32)33)8-11-3-5-12(6-4-11)27-21(31)16-13(23)9-25-10-14(16)24/h3-6,9-10,15,26,28H,8H2,1H3,(H,27,31)(H,32,33)/t15-/m0/s1. The minimum atomic E-state index is -1.21. The highest BCUT2D eigenvalue weighted by Crippen LogP contribution is 2.24. The molecule has 0 saturated heterocycles. The molecule has 0 bridgehead atoms. The number of hydrogen-bond donors (Lipinski definition) is 4. The first kappa shape index (κ1) is 23.8. The molecule has 0 saturated carbocycles. The molecule has 1 aromatic heterocycles. The third-order valence-electron chi connectivity index (χ3n) is 4.57. The molecular weight excluding hydrogens is 471 g/mol. The molecule has 33 heavy (non-hydrogen) atoms. The van der Waals surface area contributed by atoms with Crippen LogP contribution in [0.3, 0.4) is 0 Å². The maximum Gasteiger partial charge on any atom is 0.326 e. The zero-order valence-corrected chi connectivity index (χ0v) is 18.5. The summed E-state index contributed by atoms with van der Waals surface area (Å²) in [5, 5.41) is 17.5. The maximum absolute atomic E-state index is 12.5. The van der Waals surface area contributed by atoms with E-state index in [1.807, 2.05) is 0 Å². The normalized spacial score (nSPS) is 11.2. The fourth-order valence-electron chi connectivity index (χ4n) is 2.93. The number of benzene rings is 1. The molecule has 2 aromatic carbocycles. The monoisotopic (exact) mass is 486 g/mol. The van der Waals surface area contributed by atoms with Gasteiger partial charge in [0.15, 0.2) is 0 Å². The Kier molecular flexibility index (Phi) is 7.33. The molecule has 0 spiro atoms. The van der Waals surface area contributed by atoms with E-state index in [2.05, 4.69) is 32.9 Å². The maximum atomic E-state index is 12.5. The van der Waals surface area contributed by atoms with Crippen LogP contribution in [0, 0.1) is 12.0 Å². The van der Waals surface area contributed by atoms with Crippen molar-refractivity contribution in [2.45, 2.75) is 19.4 Å². The molecule has 0 unspecified atom stereocenters. The lowest BCUT2D eigenvalue weighted by Gasteiger charge is -2.18. The Labute approximate surface area is 197 Å². The Balaban J connectivity index is 1.71. The molecule has 0 radical (unpaired) electrons. The van der Waals surface area contributed by atoms with Gasteiger partial charge < -0.3 is 21.1 Å². The summed E-state index contributed by atoms with van der Waals surface area (Å²) >= 11 is 12.0. The van der Waals surface area contributed by atoms with Crippen molar-refractivity contribution in [3.05, 3.63) is 78.3 Å². The van der Waals surface area contributed by atoms with Crippen LogP contribution in [-0.4, -0.2) is 28.0 Å². The Morgan fingerprint density at radius 1 is 1.06 bits per heavy atom. The molecule has 0 aliphatic heterocycles. The lowest BCUT2D eigenvalue weighted by molar-refractivity contribution is -0.137. The topological polar surface area (TPSA) is 137 Å². The molecule has 3 aromatic rings. The number of nitrogens with one attached hydrogen (secondary N) is 3. The first-order valence-corrected chi connectivity index (χ1v) is 10.2. The molecule has 3 rings (SSSR count). The summed E-state index contributed by atoms with van der Waals surface area (Å²) in [6, 6.07) is 7.66. The van der Waals surface area contributed by atoms with Crippen LogP contribution in [0.5, 0.6) is 0 Å². The van der Waals surface area contributed by atoms with E-state index in [0.29, 0.717) is 11.3 Å². The van der Waals surface area contributed by atoms with E-state index in [4.69, 9.17) is 23.2 Å². The molecule has 0 aliphatic rings. The third kappa shape index (κ3) is 5.31. The van der Waals surface area contributed by atoms with Crippen LogP contribution in [0.25, 0.3) is 0 Å². The number of halogens is 2. The van der Waals surface area contributed by atoms with Crippen molar-refractivity contribution in [3.63, 3.8) is 0 Å². The van der Waals surface area contributed by atoms with Crippen LogP contribution in [-0.2, 0) is 11.2 Å². The first-order chi connectivity index (χ1) is 15.7. The Bertz CT molecular complexity index is 1330. The summed E-state index contributed by atoms with van der Waals surface area (Å²) in [5.41, 5.74) is -0.643. The Morgan fingerprint density at radius 3 is 2.24 bits per heavy atom. The number of carboxylic acid groups (broad SMARTS) is 1. The lowest BCUT2D eigenvalue weighted by atomic mass is 10.0. The van der Waals surface area contributed by atoms with Gasteiger partial charge in [0.2, 0.25) is 0 Å². The van der Waals surface area contributed by atoms with Crippen molar-refractivity contribution in [1.29, 1.82) is 0 Å². The second-order valence-corrected chi connectivity index (χ2v) is 7.59. The highest BCUT2D eigenvalue weighted by atomic mass is 35.5. The van der Waals surface area contributed by atoms with Gasteiger partial charge in [0.05, 0.1) is 15.6 Å². The molecule has 1 heterocycles. The van der Waals surface area contributed by atoms with E-state index in [0.717, 1.165) is 0 Å². The van der Waals surface area contributed by atoms with E-state index in [9.17, 15) is 24.3 Å². The van der Waals surface area contributed by atoms with Crippen molar-refractivity contribution in [2.24, 2.45) is 0 Å². The van der Waals surface area contributed by atoms with E-state index >= 15 is 0 Å². The number of aromatic nitrogens is 1. The Hall–Kier alpha value is -3.87. The number of carboxylic acids is 1. The summed E-state index contributed by atoms with van der Waals surface area (Å²) in [7, 11) is 0. The molecule has 1 atom stereocenters. The quantitative estimate of drug-likeness (QED) is 0.216. The zero-order valence-electron chi connectivity index (χ0n) is 17.0. The van der Waals surface area contributed by atoms with Crippen LogP contribution < -0.4 is 26.8 Å². The number of hydrogen-bond acceptors (Lipinski definition) is 7. The number of rotatable bonds is 8. The van der Waals surface area contributed by atoms with Crippen LogP contribution in [0.2, 0.25) is 10.0 Å². The van der Waals surface area contributed by atoms with Gasteiger partial charge in [0.25, 0.3) is 16.8 Å². The minimum Gasteiger partial charge on any atom is -0.480 e. The number of amides is 1. The fourth-order valence-corrected chi connectivity index (χ4v) is 3.47. The van der Waals surface area contributed by atoms with Crippen LogP contribution >= 0.6 is 23.2 Å². The van der Waals surface area contributed by atoms with E-state index in [1.165, 1.54) is 19.3 Å². The predicted molar refractivity (Wildman–Crippen MR) is 126 cm³/mol. The number of pyridine rings is 1. The average molecular weight is 487 g/mol. The summed E-state index contributed by atoms with van der Waals surface area (Å²) in [6.07, 6.45) is 2.61. The van der Waals surface area contributed by atoms with E-state index in [1.54, 1.807) is 24.3 Å². The molecule has 168 valence electrons. The largest absolute Gasteiger partial charge is 0.480 e. The summed E-state index contributed by atoms with van der Waals surface area (Å²) in [6.45, 7) is 1.54. The van der Waals surface area contributed by atoms with Crippen molar-refractivity contribution in [3.8, 4) is 12.0 Å².